The van der Waals surface area contributed by atoms with E-state index >= 15 is 0 Å². The summed E-state index contributed by atoms with van der Waals surface area (Å²) < 4.78 is 6.89. The summed E-state index contributed by atoms with van der Waals surface area (Å²) in [5.41, 5.74) is -2.12. The van der Waals surface area contributed by atoms with Gasteiger partial charge in [0.05, 0.1) is 17.4 Å². The summed E-state index contributed by atoms with van der Waals surface area (Å²) in [4.78, 5) is 48.2. The zero-order valence-corrected chi connectivity index (χ0v) is 22.4. The van der Waals surface area contributed by atoms with E-state index in [1.807, 2.05) is 48.0 Å². The summed E-state index contributed by atoms with van der Waals surface area (Å²) in [6, 6.07) is -0.597. The smallest absolute Gasteiger partial charge is 0.249 e. The Morgan fingerprint density at radius 3 is 2.41 bits per heavy atom. The summed E-state index contributed by atoms with van der Waals surface area (Å²) in [6.45, 7) is 6.14. The number of aliphatic hydroxyl groups is 1. The molecular weight excluding hydrogens is 470 g/mol. The van der Waals surface area contributed by atoms with Crippen molar-refractivity contribution in [2.24, 2.45) is 11.8 Å². The number of carbonyl (C=O) groups is 3. The molecule has 37 heavy (non-hydrogen) atoms. The van der Waals surface area contributed by atoms with Gasteiger partial charge in [-0.15, -0.1) is 0 Å². The van der Waals surface area contributed by atoms with E-state index in [1.54, 1.807) is 4.90 Å². The summed E-state index contributed by atoms with van der Waals surface area (Å²) in [7, 11) is 0. The monoisotopic (exact) mass is 513 g/mol. The average molecular weight is 514 g/mol. The van der Waals surface area contributed by atoms with Gasteiger partial charge in [0.25, 0.3) is 0 Å². The fourth-order valence-corrected chi connectivity index (χ4v) is 7.59. The first-order valence-electron chi connectivity index (χ1n) is 14.4. The molecule has 0 aromatic rings. The van der Waals surface area contributed by atoms with Crippen molar-refractivity contribution in [1.29, 1.82) is 0 Å². The highest BCUT2D eigenvalue weighted by atomic mass is 16.5. The number of unbranched alkanes of at least 4 members (excludes halogenated alkanes) is 2. The van der Waals surface area contributed by atoms with Crippen LogP contribution in [0.4, 0.5) is 0 Å². The first-order chi connectivity index (χ1) is 17.9. The zero-order chi connectivity index (χ0) is 26.2. The number of hydrogen-bond acceptors (Lipinski definition) is 5. The Hall–Kier alpha value is -2.19. The maximum Gasteiger partial charge on any atom is 0.249 e. The lowest BCUT2D eigenvalue weighted by atomic mass is 9.74. The Labute approximate surface area is 220 Å². The standard InChI is InChI=1S/C29H43N3O5/c1-3-16-30-17-10-14-28(2)22(25(30)34)23-26(35)32(18-8-5-9-20-33)24-27(36)31(21-12-6-4-7-13-21)19-11-15-29(23,24)37-28/h10-11,14-15,21-24,33H,3-9,12-13,16-20H2,1-2H3/t22-,23+,24?,28+,29+/m1/s1. The van der Waals surface area contributed by atoms with Crippen LogP contribution in [0.25, 0.3) is 0 Å². The topological polar surface area (TPSA) is 90.4 Å². The molecule has 5 rings (SSSR count). The van der Waals surface area contributed by atoms with Crippen LogP contribution >= 0.6 is 0 Å². The normalized spacial score (nSPS) is 36.0. The second-order valence-corrected chi connectivity index (χ2v) is 11.7. The molecule has 1 saturated carbocycles. The van der Waals surface area contributed by atoms with Crippen molar-refractivity contribution in [3.8, 4) is 0 Å². The number of hydrogen-bond donors (Lipinski definition) is 1. The fraction of sp³-hybridized carbons (Fsp3) is 0.759. The highest BCUT2D eigenvalue weighted by Gasteiger charge is 2.74. The largest absolute Gasteiger partial charge is 0.396 e. The first-order valence-corrected chi connectivity index (χ1v) is 14.4. The molecule has 1 aliphatic carbocycles. The van der Waals surface area contributed by atoms with E-state index in [4.69, 9.17) is 4.74 Å². The van der Waals surface area contributed by atoms with Crippen LogP contribution in [0, 0.1) is 11.8 Å². The Morgan fingerprint density at radius 1 is 0.919 bits per heavy atom. The summed E-state index contributed by atoms with van der Waals surface area (Å²) in [6.07, 6.45) is 16.3. The van der Waals surface area contributed by atoms with Crippen LogP contribution in [-0.2, 0) is 19.1 Å². The molecule has 1 spiro atoms. The summed E-state index contributed by atoms with van der Waals surface area (Å²) in [5.74, 6) is -1.65. The maximum atomic E-state index is 14.4. The molecule has 5 aliphatic rings. The van der Waals surface area contributed by atoms with E-state index in [-0.39, 0.29) is 30.4 Å². The Balaban J connectivity index is 1.55. The first kappa shape index (κ1) is 26.4. The van der Waals surface area contributed by atoms with Gasteiger partial charge < -0.3 is 24.5 Å². The molecule has 0 bridgehead atoms. The van der Waals surface area contributed by atoms with Crippen LogP contribution < -0.4 is 0 Å². The lowest BCUT2D eigenvalue weighted by Crippen LogP contribution is -2.57. The highest BCUT2D eigenvalue weighted by Crippen LogP contribution is 2.57. The van der Waals surface area contributed by atoms with Gasteiger partial charge in [-0.25, -0.2) is 0 Å². The molecule has 0 aromatic carbocycles. The molecule has 0 aromatic heterocycles. The second kappa shape index (κ2) is 10.5. The number of ether oxygens (including phenoxy) is 1. The van der Waals surface area contributed by atoms with Gasteiger partial charge >= 0.3 is 0 Å². The lowest BCUT2D eigenvalue weighted by molar-refractivity contribution is -0.154. The number of amides is 3. The molecule has 1 N–H and O–H groups in total. The molecule has 3 amide bonds. The Kier molecular flexibility index (Phi) is 7.51. The lowest BCUT2D eigenvalue weighted by Gasteiger charge is -2.40. The maximum absolute atomic E-state index is 14.4. The predicted octanol–water partition coefficient (Wildman–Crippen LogP) is 2.66. The fourth-order valence-electron chi connectivity index (χ4n) is 7.59. The van der Waals surface area contributed by atoms with Crippen molar-refractivity contribution >= 4 is 17.7 Å². The van der Waals surface area contributed by atoms with Gasteiger partial charge in [-0.3, -0.25) is 14.4 Å². The van der Waals surface area contributed by atoms with Crippen molar-refractivity contribution in [2.75, 3.05) is 32.8 Å². The Bertz CT molecular complexity index is 959. The zero-order valence-electron chi connectivity index (χ0n) is 22.4. The molecule has 8 nitrogen and oxygen atoms in total. The number of nitrogens with zero attached hydrogens (tertiary/aromatic N) is 3. The van der Waals surface area contributed by atoms with Crippen LogP contribution in [0.3, 0.4) is 0 Å². The van der Waals surface area contributed by atoms with Crippen LogP contribution in [0.2, 0.25) is 0 Å². The molecule has 2 saturated heterocycles. The molecular formula is C29H43N3O5. The van der Waals surface area contributed by atoms with Crippen molar-refractivity contribution in [1.82, 2.24) is 14.7 Å². The van der Waals surface area contributed by atoms with Crippen molar-refractivity contribution in [3.05, 3.63) is 24.3 Å². The summed E-state index contributed by atoms with van der Waals surface area (Å²) in [5, 5.41) is 9.25. The second-order valence-electron chi connectivity index (χ2n) is 11.7. The molecule has 4 heterocycles. The molecule has 4 aliphatic heterocycles. The van der Waals surface area contributed by atoms with E-state index in [9.17, 15) is 19.5 Å². The highest BCUT2D eigenvalue weighted by molar-refractivity contribution is 6.00. The average Bonchev–Trinajstić information content (AvgIpc) is 3.15. The van der Waals surface area contributed by atoms with E-state index in [0.29, 0.717) is 39.0 Å². The molecule has 5 atom stereocenters. The van der Waals surface area contributed by atoms with E-state index in [2.05, 4.69) is 0 Å². The van der Waals surface area contributed by atoms with Gasteiger partial charge in [0.2, 0.25) is 17.7 Å². The van der Waals surface area contributed by atoms with Crippen molar-refractivity contribution < 1.29 is 24.2 Å². The van der Waals surface area contributed by atoms with E-state index < -0.39 is 29.1 Å². The third-order valence-corrected chi connectivity index (χ3v) is 9.24. The number of rotatable bonds is 8. The number of likely N-dealkylation sites (tertiary alicyclic amines) is 1. The van der Waals surface area contributed by atoms with Crippen molar-refractivity contribution in [3.63, 3.8) is 0 Å². The third-order valence-electron chi connectivity index (χ3n) is 9.24. The van der Waals surface area contributed by atoms with E-state index in [0.717, 1.165) is 38.5 Å². The van der Waals surface area contributed by atoms with Gasteiger partial charge in [-0.05, 0) is 45.4 Å². The minimum absolute atomic E-state index is 0.0446. The van der Waals surface area contributed by atoms with Gasteiger partial charge in [-0.1, -0.05) is 50.5 Å². The van der Waals surface area contributed by atoms with Crippen LogP contribution in [0.1, 0.15) is 71.6 Å². The summed E-state index contributed by atoms with van der Waals surface area (Å²) >= 11 is 0. The Morgan fingerprint density at radius 2 is 1.68 bits per heavy atom. The molecule has 0 radical (unpaired) electrons. The van der Waals surface area contributed by atoms with Crippen LogP contribution in [-0.4, -0.2) is 93.6 Å². The van der Waals surface area contributed by atoms with E-state index in [1.165, 1.54) is 6.42 Å². The predicted molar refractivity (Wildman–Crippen MR) is 139 cm³/mol. The SMILES string of the molecule is CCCN1CC=C[C@]2(C)O[C@]34C=CCN(C5CCCCC5)C(=O)C3N(CCCCCO)C(=O)[C@@H]4[C@@H]2C1=O. The van der Waals surface area contributed by atoms with Crippen LogP contribution in [0.15, 0.2) is 24.3 Å². The van der Waals surface area contributed by atoms with Gasteiger partial charge in [0.1, 0.15) is 11.6 Å². The third kappa shape index (κ3) is 4.34. The number of carbonyl (C=O) groups excluding carboxylic acids is 3. The number of aliphatic hydroxyl groups excluding tert-OH is 1. The van der Waals surface area contributed by atoms with Gasteiger partial charge in [0, 0.05) is 38.8 Å². The van der Waals surface area contributed by atoms with Crippen molar-refractivity contribution in [2.45, 2.75) is 94.9 Å². The molecule has 204 valence electrons. The molecule has 1 unspecified atom stereocenters. The van der Waals surface area contributed by atoms with Gasteiger partial charge in [-0.2, -0.15) is 0 Å². The quantitative estimate of drug-likeness (QED) is 0.398. The minimum atomic E-state index is -1.16. The molecule has 8 heteroatoms. The number of fused-ring (bicyclic) bond motifs is 2. The molecule has 3 fully saturated rings. The minimum Gasteiger partial charge on any atom is -0.396 e. The van der Waals surface area contributed by atoms with Gasteiger partial charge in [0.15, 0.2) is 0 Å². The van der Waals surface area contributed by atoms with Crippen LogP contribution in [0.5, 0.6) is 0 Å².